The molecule has 0 bridgehead atoms. The molecule has 0 aromatic rings. The van der Waals surface area contributed by atoms with Gasteiger partial charge in [0.05, 0.1) is 0 Å². The van der Waals surface area contributed by atoms with Crippen LogP contribution in [0, 0.1) is 5.92 Å². The smallest absolute Gasteiger partial charge is 0.0351 e. The maximum Gasteiger partial charge on any atom is -0.0351 e. The highest BCUT2D eigenvalue weighted by atomic mass is 14.0. The quantitative estimate of drug-likeness (QED) is 0.368. The minimum Gasteiger partial charge on any atom is -0.0885 e. The molecule has 0 saturated carbocycles. The van der Waals surface area contributed by atoms with E-state index in [-0.39, 0.29) is 0 Å². The molecule has 78 valence electrons. The molecule has 0 N–H and O–H groups in total. The van der Waals surface area contributed by atoms with Gasteiger partial charge in [0.25, 0.3) is 0 Å². The summed E-state index contributed by atoms with van der Waals surface area (Å²) < 4.78 is 0. The van der Waals surface area contributed by atoms with Crippen molar-refractivity contribution in [3.63, 3.8) is 0 Å². The number of unbranched alkanes of at least 4 members (excludes halogenated alkanes) is 4. The summed E-state index contributed by atoms with van der Waals surface area (Å²) in [6, 6.07) is 0. The topological polar surface area (TPSA) is 0 Å². The van der Waals surface area contributed by atoms with Gasteiger partial charge in [-0.05, 0) is 25.2 Å². The van der Waals surface area contributed by atoms with Gasteiger partial charge in [0, 0.05) is 0 Å². The first-order chi connectivity index (χ1) is 6.27. The van der Waals surface area contributed by atoms with Gasteiger partial charge in [0.2, 0.25) is 0 Å². The van der Waals surface area contributed by atoms with E-state index >= 15 is 0 Å². The van der Waals surface area contributed by atoms with Gasteiger partial charge in [-0.3, -0.25) is 0 Å². The number of hydrogen-bond acceptors (Lipinski definition) is 0. The minimum absolute atomic E-state index is 0.879. The van der Waals surface area contributed by atoms with E-state index in [0.29, 0.717) is 0 Å². The van der Waals surface area contributed by atoms with Crippen molar-refractivity contribution in [2.45, 2.75) is 65.7 Å². The van der Waals surface area contributed by atoms with Crippen molar-refractivity contribution < 1.29 is 0 Å². The largest absolute Gasteiger partial charge is 0.0885 e. The van der Waals surface area contributed by atoms with Crippen LogP contribution in [0.15, 0.2) is 12.2 Å². The summed E-state index contributed by atoms with van der Waals surface area (Å²) in [5.41, 5.74) is 0. The summed E-state index contributed by atoms with van der Waals surface area (Å²) in [4.78, 5) is 0. The molecule has 0 unspecified atom stereocenters. The van der Waals surface area contributed by atoms with E-state index in [9.17, 15) is 0 Å². The summed E-state index contributed by atoms with van der Waals surface area (Å²) in [7, 11) is 0. The molecule has 0 aliphatic heterocycles. The van der Waals surface area contributed by atoms with Crippen LogP contribution >= 0.6 is 0 Å². The first-order valence-electron chi connectivity index (χ1n) is 5.92. The van der Waals surface area contributed by atoms with E-state index in [1.807, 2.05) is 0 Å². The summed E-state index contributed by atoms with van der Waals surface area (Å²) in [6.07, 6.45) is 14.1. The number of allylic oxidation sites excluding steroid dienone is 2. The first-order valence-corrected chi connectivity index (χ1v) is 5.92. The Morgan fingerprint density at radius 1 is 0.923 bits per heavy atom. The lowest BCUT2D eigenvalue weighted by molar-refractivity contribution is 0.540. The van der Waals surface area contributed by atoms with Crippen LogP contribution < -0.4 is 0 Å². The van der Waals surface area contributed by atoms with Crippen LogP contribution in [-0.2, 0) is 0 Å². The second kappa shape index (κ2) is 9.83. The lowest BCUT2D eigenvalue weighted by Crippen LogP contribution is -1.85. The molecule has 0 aliphatic carbocycles. The van der Waals surface area contributed by atoms with Gasteiger partial charge in [0.1, 0.15) is 0 Å². The van der Waals surface area contributed by atoms with Crippen molar-refractivity contribution in [1.29, 1.82) is 0 Å². The molecule has 0 aromatic carbocycles. The van der Waals surface area contributed by atoms with Gasteiger partial charge in [-0.1, -0.05) is 58.6 Å². The van der Waals surface area contributed by atoms with Gasteiger partial charge < -0.3 is 0 Å². The Bertz CT molecular complexity index is 111. The van der Waals surface area contributed by atoms with E-state index in [1.54, 1.807) is 0 Å². The fourth-order valence-electron chi connectivity index (χ4n) is 1.37. The van der Waals surface area contributed by atoms with Crippen molar-refractivity contribution in [3.05, 3.63) is 12.2 Å². The van der Waals surface area contributed by atoms with Crippen LogP contribution in [-0.4, -0.2) is 0 Å². The van der Waals surface area contributed by atoms with Gasteiger partial charge in [-0.2, -0.15) is 0 Å². The summed E-state index contributed by atoms with van der Waals surface area (Å²) >= 11 is 0. The van der Waals surface area contributed by atoms with Crippen LogP contribution in [0.1, 0.15) is 65.7 Å². The first kappa shape index (κ1) is 12.7. The standard InChI is InChI=1S/C13H26/c1-4-5-6-7-8-9-10-11-12-13(2)3/h7-8,13H,4-6,9-12H2,1-3H3/b8-7+. The third kappa shape index (κ3) is 11.7. The maximum absolute atomic E-state index is 2.36. The fourth-order valence-corrected chi connectivity index (χ4v) is 1.37. The third-order valence-corrected chi connectivity index (χ3v) is 2.29. The van der Waals surface area contributed by atoms with Crippen LogP contribution in [0.25, 0.3) is 0 Å². The molecule has 0 amide bonds. The van der Waals surface area contributed by atoms with Crippen LogP contribution in [0.4, 0.5) is 0 Å². The van der Waals surface area contributed by atoms with Crippen molar-refractivity contribution in [1.82, 2.24) is 0 Å². The lowest BCUT2D eigenvalue weighted by Gasteiger charge is -2.01. The van der Waals surface area contributed by atoms with E-state index in [4.69, 9.17) is 0 Å². The maximum atomic E-state index is 2.36. The zero-order valence-corrected chi connectivity index (χ0v) is 9.68. The van der Waals surface area contributed by atoms with Gasteiger partial charge >= 0.3 is 0 Å². The predicted molar refractivity (Wildman–Crippen MR) is 62.0 cm³/mol. The molecule has 0 spiro atoms. The van der Waals surface area contributed by atoms with Gasteiger partial charge in [-0.15, -0.1) is 0 Å². The average Bonchev–Trinajstić information content (AvgIpc) is 2.09. The highest BCUT2D eigenvalue weighted by Gasteiger charge is 1.91. The Hall–Kier alpha value is -0.260. The zero-order valence-electron chi connectivity index (χ0n) is 9.68. The second-order valence-electron chi connectivity index (χ2n) is 4.29. The average molecular weight is 182 g/mol. The van der Waals surface area contributed by atoms with E-state index in [1.165, 1.54) is 44.9 Å². The molecule has 0 atom stereocenters. The molecule has 0 rings (SSSR count). The molecular formula is C13H26. The third-order valence-electron chi connectivity index (χ3n) is 2.29. The Balaban J connectivity index is 3.02. The molecule has 0 fully saturated rings. The molecule has 0 heteroatoms. The lowest BCUT2D eigenvalue weighted by atomic mass is 10.1. The zero-order chi connectivity index (χ0) is 9.94. The minimum atomic E-state index is 0.879. The van der Waals surface area contributed by atoms with Gasteiger partial charge in [0.15, 0.2) is 0 Å². The summed E-state index contributed by atoms with van der Waals surface area (Å²) in [5, 5.41) is 0. The molecule has 0 aliphatic rings. The van der Waals surface area contributed by atoms with Crippen molar-refractivity contribution in [2.24, 2.45) is 5.92 Å². The Labute approximate surface area is 84.4 Å². The Morgan fingerprint density at radius 3 is 2.08 bits per heavy atom. The van der Waals surface area contributed by atoms with E-state index in [0.717, 1.165) is 5.92 Å². The summed E-state index contributed by atoms with van der Waals surface area (Å²) in [6.45, 7) is 6.85. The van der Waals surface area contributed by atoms with Crippen molar-refractivity contribution in [2.75, 3.05) is 0 Å². The molecule has 0 nitrogen and oxygen atoms in total. The van der Waals surface area contributed by atoms with E-state index < -0.39 is 0 Å². The number of hydrogen-bond donors (Lipinski definition) is 0. The highest BCUT2D eigenvalue weighted by Crippen LogP contribution is 2.08. The SMILES string of the molecule is CCCC/C=C/CCCCC(C)C. The van der Waals surface area contributed by atoms with Crippen molar-refractivity contribution >= 4 is 0 Å². The molecule has 0 heterocycles. The Kier molecular flexibility index (Phi) is 9.63. The van der Waals surface area contributed by atoms with Crippen LogP contribution in [0.3, 0.4) is 0 Å². The molecule has 0 radical (unpaired) electrons. The summed E-state index contributed by atoms with van der Waals surface area (Å²) in [5.74, 6) is 0.879. The monoisotopic (exact) mass is 182 g/mol. The highest BCUT2D eigenvalue weighted by molar-refractivity contribution is 4.81. The van der Waals surface area contributed by atoms with Crippen LogP contribution in [0.5, 0.6) is 0 Å². The predicted octanol–water partition coefficient (Wildman–Crippen LogP) is 4.95. The van der Waals surface area contributed by atoms with Gasteiger partial charge in [-0.25, -0.2) is 0 Å². The molecule has 13 heavy (non-hydrogen) atoms. The van der Waals surface area contributed by atoms with E-state index in [2.05, 4.69) is 32.9 Å². The molecule has 0 aromatic heterocycles. The van der Waals surface area contributed by atoms with Crippen LogP contribution in [0.2, 0.25) is 0 Å². The normalized spacial score (nSPS) is 11.7. The molecular weight excluding hydrogens is 156 g/mol. The second-order valence-corrected chi connectivity index (χ2v) is 4.29. The molecule has 0 saturated heterocycles. The number of rotatable bonds is 8. The fraction of sp³-hybridized carbons (Fsp3) is 0.846. The van der Waals surface area contributed by atoms with Crippen molar-refractivity contribution in [3.8, 4) is 0 Å². The Morgan fingerprint density at radius 2 is 1.54 bits per heavy atom.